The van der Waals surface area contributed by atoms with Gasteiger partial charge in [-0.1, -0.05) is 17.3 Å². The molecule has 9 nitrogen and oxygen atoms in total. The molecule has 0 radical (unpaired) electrons. The Morgan fingerprint density at radius 2 is 1.86 bits per heavy atom. The van der Waals surface area contributed by atoms with Gasteiger partial charge in [-0.3, -0.25) is 4.90 Å². The summed E-state index contributed by atoms with van der Waals surface area (Å²) in [4.78, 5) is 25.8. The van der Waals surface area contributed by atoms with Crippen molar-refractivity contribution in [3.8, 4) is 23.0 Å². The lowest BCUT2D eigenvalue weighted by atomic mass is 9.90. The summed E-state index contributed by atoms with van der Waals surface area (Å²) in [5.74, 6) is -0.226. The molecule has 0 spiro atoms. The zero-order chi connectivity index (χ0) is 25.1. The van der Waals surface area contributed by atoms with E-state index in [1.807, 2.05) is 24.3 Å². The number of hydrogen-bond acceptors (Lipinski definition) is 9. The first-order chi connectivity index (χ1) is 17.5. The van der Waals surface area contributed by atoms with E-state index in [0.29, 0.717) is 60.7 Å². The molecule has 1 fully saturated rings. The van der Waals surface area contributed by atoms with Crippen molar-refractivity contribution in [2.45, 2.75) is 31.5 Å². The molecule has 0 aliphatic carbocycles. The largest absolute Gasteiger partial charge is 0.493 e. The van der Waals surface area contributed by atoms with E-state index < -0.39 is 18.2 Å². The summed E-state index contributed by atoms with van der Waals surface area (Å²) < 4.78 is 42.4. The number of fused-ring (bicyclic) bond motifs is 3. The fourth-order valence-corrected chi connectivity index (χ4v) is 4.53. The first-order valence-electron chi connectivity index (χ1n) is 11.7. The van der Waals surface area contributed by atoms with Crippen LogP contribution in [-0.4, -0.2) is 55.1 Å². The number of rotatable bonds is 7. The predicted octanol–water partition coefficient (Wildman–Crippen LogP) is 4.16. The van der Waals surface area contributed by atoms with Gasteiger partial charge < -0.3 is 23.5 Å². The van der Waals surface area contributed by atoms with E-state index in [9.17, 15) is 9.59 Å². The average Bonchev–Trinajstić information content (AvgIpc) is 3.31. The second-order valence-corrected chi connectivity index (χ2v) is 8.55. The van der Waals surface area contributed by atoms with Gasteiger partial charge in [0.2, 0.25) is 0 Å². The summed E-state index contributed by atoms with van der Waals surface area (Å²) in [5.41, 5.74) is 0.848. The molecule has 0 bridgehead atoms. The SMILES string of the molecule is COc1ccccc1OCCCN1CCC(c2noc3ccc4c(c23)OC(=O)/C=C/C(=O)O4)CC1F. The van der Waals surface area contributed by atoms with Crippen LogP contribution in [0.25, 0.3) is 11.0 Å². The third kappa shape index (κ3) is 4.90. The number of esters is 2. The minimum atomic E-state index is -1.18. The number of para-hydroxylation sites is 2. The van der Waals surface area contributed by atoms with Crippen molar-refractivity contribution in [2.24, 2.45) is 0 Å². The van der Waals surface area contributed by atoms with Gasteiger partial charge in [0.1, 0.15) is 0 Å². The Hall–Kier alpha value is -3.92. The van der Waals surface area contributed by atoms with Crippen LogP contribution in [0.1, 0.15) is 30.9 Å². The van der Waals surface area contributed by atoms with E-state index in [1.54, 1.807) is 18.1 Å². The van der Waals surface area contributed by atoms with E-state index in [0.717, 1.165) is 12.2 Å². The monoisotopic (exact) mass is 496 g/mol. The zero-order valence-electron chi connectivity index (χ0n) is 19.6. The molecule has 3 heterocycles. The lowest BCUT2D eigenvalue weighted by Crippen LogP contribution is -2.40. The van der Waals surface area contributed by atoms with Crippen molar-refractivity contribution < 1.29 is 37.5 Å². The number of benzene rings is 2. The maximum Gasteiger partial charge on any atom is 0.336 e. The predicted molar refractivity (Wildman–Crippen MR) is 126 cm³/mol. The van der Waals surface area contributed by atoms with Gasteiger partial charge in [-0.25, -0.2) is 14.0 Å². The van der Waals surface area contributed by atoms with Gasteiger partial charge in [0.15, 0.2) is 34.9 Å². The smallest absolute Gasteiger partial charge is 0.336 e. The summed E-state index contributed by atoms with van der Waals surface area (Å²) in [7, 11) is 1.59. The Bertz CT molecular complexity index is 1300. The van der Waals surface area contributed by atoms with Crippen LogP contribution in [0.2, 0.25) is 0 Å². The van der Waals surface area contributed by atoms with E-state index >= 15 is 4.39 Å². The van der Waals surface area contributed by atoms with Crippen LogP contribution < -0.4 is 18.9 Å². The summed E-state index contributed by atoms with van der Waals surface area (Å²) in [6, 6.07) is 10.5. The molecule has 0 saturated carbocycles. The minimum absolute atomic E-state index is 0.0535. The van der Waals surface area contributed by atoms with Gasteiger partial charge in [0, 0.05) is 37.6 Å². The Morgan fingerprint density at radius 1 is 1.08 bits per heavy atom. The van der Waals surface area contributed by atoms with Crippen LogP contribution in [0.4, 0.5) is 4.39 Å². The summed E-state index contributed by atoms with van der Waals surface area (Å²) in [5, 5.41) is 4.58. The van der Waals surface area contributed by atoms with Gasteiger partial charge >= 0.3 is 11.9 Å². The van der Waals surface area contributed by atoms with Crippen molar-refractivity contribution in [3.05, 3.63) is 54.2 Å². The lowest BCUT2D eigenvalue weighted by Gasteiger charge is -2.34. The van der Waals surface area contributed by atoms with Crippen molar-refractivity contribution in [1.82, 2.24) is 10.1 Å². The third-order valence-electron chi connectivity index (χ3n) is 6.29. The van der Waals surface area contributed by atoms with Crippen LogP contribution in [0.5, 0.6) is 23.0 Å². The number of methoxy groups -OCH3 is 1. The fraction of sp³-hybridized carbons (Fsp3) is 0.346. The average molecular weight is 496 g/mol. The Labute approximate surface area is 206 Å². The van der Waals surface area contributed by atoms with Crippen LogP contribution >= 0.6 is 0 Å². The molecule has 3 aromatic rings. The molecule has 36 heavy (non-hydrogen) atoms. The number of ether oxygens (including phenoxy) is 4. The van der Waals surface area contributed by atoms with Gasteiger partial charge in [0.25, 0.3) is 0 Å². The van der Waals surface area contributed by atoms with Crippen molar-refractivity contribution in [2.75, 3.05) is 26.8 Å². The fourth-order valence-electron chi connectivity index (χ4n) is 4.53. The maximum atomic E-state index is 15.2. The molecule has 2 aromatic carbocycles. The molecular formula is C26H25FN2O7. The van der Waals surface area contributed by atoms with Crippen LogP contribution in [0, 0.1) is 0 Å². The molecule has 5 rings (SSSR count). The number of hydrogen-bond donors (Lipinski definition) is 0. The van der Waals surface area contributed by atoms with Crippen molar-refractivity contribution >= 4 is 22.9 Å². The quantitative estimate of drug-likeness (QED) is 0.207. The van der Waals surface area contributed by atoms with Gasteiger partial charge in [-0.2, -0.15) is 0 Å². The second kappa shape index (κ2) is 10.4. The zero-order valence-corrected chi connectivity index (χ0v) is 19.6. The number of aromatic nitrogens is 1. The number of likely N-dealkylation sites (tertiary alicyclic amines) is 1. The Morgan fingerprint density at radius 3 is 2.64 bits per heavy atom. The first kappa shape index (κ1) is 23.8. The van der Waals surface area contributed by atoms with E-state index in [2.05, 4.69) is 5.16 Å². The highest BCUT2D eigenvalue weighted by Crippen LogP contribution is 2.43. The molecule has 1 aromatic heterocycles. The molecule has 0 amide bonds. The highest BCUT2D eigenvalue weighted by molar-refractivity contribution is 5.99. The molecule has 188 valence electrons. The molecular weight excluding hydrogens is 471 g/mol. The molecule has 2 atom stereocenters. The number of nitrogens with zero attached hydrogens (tertiary/aromatic N) is 2. The highest BCUT2D eigenvalue weighted by atomic mass is 19.1. The number of halogens is 1. The molecule has 0 N–H and O–H groups in total. The summed E-state index contributed by atoms with van der Waals surface area (Å²) in [6.45, 7) is 1.49. The van der Waals surface area contributed by atoms with Gasteiger partial charge in [-0.05, 0) is 37.1 Å². The Balaban J connectivity index is 1.25. The standard InChI is InChI=1S/C26H25FN2O7/c1-32-17-5-2-3-6-18(17)33-14-4-12-29-13-11-16(15-21(29)27)25-24-19(36-28-25)7-8-20-26(24)35-23(31)10-9-22(30)34-20/h2-3,5-10,16,21H,4,11-15H2,1H3/b10-9+. The first-order valence-corrected chi connectivity index (χ1v) is 11.7. The number of alkyl halides is 1. The van der Waals surface area contributed by atoms with Crippen LogP contribution in [-0.2, 0) is 9.59 Å². The summed E-state index contributed by atoms with van der Waals surface area (Å²) in [6.07, 6.45) is 2.28. The van der Waals surface area contributed by atoms with Gasteiger partial charge in [-0.15, -0.1) is 0 Å². The maximum absolute atomic E-state index is 15.2. The van der Waals surface area contributed by atoms with Gasteiger partial charge in [0.05, 0.1) is 24.8 Å². The lowest BCUT2D eigenvalue weighted by molar-refractivity contribution is -0.133. The number of carbonyl (C=O) groups is 2. The number of carbonyl (C=O) groups excluding carboxylic acids is 2. The topological polar surface area (TPSA) is 100 Å². The Kier molecular flexibility index (Phi) is 6.86. The van der Waals surface area contributed by atoms with E-state index in [-0.39, 0.29) is 23.8 Å². The minimum Gasteiger partial charge on any atom is -0.493 e. The van der Waals surface area contributed by atoms with Crippen LogP contribution in [0.15, 0.2) is 53.1 Å². The van der Waals surface area contributed by atoms with Crippen molar-refractivity contribution in [3.63, 3.8) is 0 Å². The molecule has 2 aliphatic heterocycles. The molecule has 1 saturated heterocycles. The number of piperidine rings is 1. The summed E-state index contributed by atoms with van der Waals surface area (Å²) >= 11 is 0. The van der Waals surface area contributed by atoms with E-state index in [1.165, 1.54) is 6.07 Å². The highest BCUT2D eigenvalue weighted by Gasteiger charge is 2.34. The molecule has 2 aliphatic rings. The normalized spacial score (nSPS) is 21.2. The van der Waals surface area contributed by atoms with Crippen molar-refractivity contribution in [1.29, 1.82) is 0 Å². The second-order valence-electron chi connectivity index (χ2n) is 8.55. The van der Waals surface area contributed by atoms with Crippen LogP contribution in [0.3, 0.4) is 0 Å². The molecule has 2 unspecified atom stereocenters. The molecule has 10 heteroatoms. The third-order valence-corrected chi connectivity index (χ3v) is 6.29. The van der Waals surface area contributed by atoms with E-state index in [4.69, 9.17) is 23.5 Å².